The summed E-state index contributed by atoms with van der Waals surface area (Å²) in [6.07, 6.45) is 1.65. The van der Waals surface area contributed by atoms with Crippen molar-refractivity contribution >= 4 is 50.1 Å². The van der Waals surface area contributed by atoms with E-state index in [1.54, 1.807) is 6.08 Å². The van der Waals surface area contributed by atoms with E-state index in [2.05, 4.69) is 29.5 Å². The van der Waals surface area contributed by atoms with E-state index >= 15 is 0 Å². The van der Waals surface area contributed by atoms with E-state index in [1.165, 1.54) is 17.0 Å². The Morgan fingerprint density at radius 1 is 1.00 bits per heavy atom. The molecule has 0 radical (unpaired) electrons. The number of Topliss-reactive ketones (excluding diaryl/α,β-unsaturated/α-hetero) is 2. The summed E-state index contributed by atoms with van der Waals surface area (Å²) in [4.78, 5) is 30.5. The Kier molecular flexibility index (Phi) is 3.64. The number of nitrogens with zero attached hydrogens (tertiary/aromatic N) is 2. The molecule has 4 nitrogen and oxygen atoms in total. The van der Waals surface area contributed by atoms with Gasteiger partial charge in [0.25, 0.3) is 0 Å². The number of rotatable bonds is 2. The maximum absolute atomic E-state index is 12.9. The van der Waals surface area contributed by atoms with Crippen molar-refractivity contribution in [1.29, 1.82) is 0 Å². The minimum absolute atomic E-state index is 0.202. The monoisotopic (exact) mass is 386 g/mol. The summed E-state index contributed by atoms with van der Waals surface area (Å²) in [5.41, 5.74) is 3.28. The van der Waals surface area contributed by atoms with E-state index in [0.717, 1.165) is 21.1 Å². The van der Waals surface area contributed by atoms with E-state index in [4.69, 9.17) is 0 Å². The lowest BCUT2D eigenvalue weighted by atomic mass is 10.0. The van der Waals surface area contributed by atoms with Crippen molar-refractivity contribution in [1.82, 2.24) is 9.55 Å². The van der Waals surface area contributed by atoms with E-state index in [9.17, 15) is 9.59 Å². The topological polar surface area (TPSA) is 52.0 Å². The highest BCUT2D eigenvalue weighted by molar-refractivity contribution is 7.19. The summed E-state index contributed by atoms with van der Waals surface area (Å²) < 4.78 is 3.15. The van der Waals surface area contributed by atoms with Gasteiger partial charge in [0.1, 0.15) is 5.01 Å². The van der Waals surface area contributed by atoms with Crippen LogP contribution in [0.4, 0.5) is 0 Å². The van der Waals surface area contributed by atoms with Gasteiger partial charge in [-0.3, -0.25) is 9.59 Å². The van der Waals surface area contributed by atoms with Crippen molar-refractivity contribution in [3.05, 3.63) is 69.9 Å². The first kappa shape index (κ1) is 17.1. The molecule has 0 atom stereocenters. The van der Waals surface area contributed by atoms with Crippen LogP contribution < -0.4 is 0 Å². The van der Waals surface area contributed by atoms with E-state index in [0.29, 0.717) is 22.1 Å². The molecule has 4 aromatic rings. The Bertz CT molecular complexity index is 1280. The molecule has 2 heterocycles. The van der Waals surface area contributed by atoms with Crippen molar-refractivity contribution in [3.63, 3.8) is 0 Å². The minimum atomic E-state index is -0.215. The van der Waals surface area contributed by atoms with Crippen LogP contribution in [0, 0.1) is 0 Å². The van der Waals surface area contributed by atoms with E-state index < -0.39 is 0 Å². The molecule has 5 heteroatoms. The van der Waals surface area contributed by atoms with Gasteiger partial charge in [0.05, 0.1) is 10.3 Å². The molecule has 0 saturated carbocycles. The Morgan fingerprint density at radius 3 is 2.14 bits per heavy atom. The van der Waals surface area contributed by atoms with Crippen LogP contribution in [0.3, 0.4) is 0 Å². The third kappa shape index (κ3) is 2.39. The van der Waals surface area contributed by atoms with Crippen molar-refractivity contribution < 1.29 is 9.59 Å². The molecule has 5 rings (SSSR count). The first-order valence-corrected chi connectivity index (χ1v) is 10.1. The van der Waals surface area contributed by atoms with Crippen molar-refractivity contribution in [2.24, 2.45) is 7.05 Å². The number of benzene rings is 2. The highest BCUT2D eigenvalue weighted by Crippen LogP contribution is 2.34. The Balaban J connectivity index is 1.60. The summed E-state index contributed by atoms with van der Waals surface area (Å²) in [5, 5.41) is 2.61. The predicted molar refractivity (Wildman–Crippen MR) is 113 cm³/mol. The molecular weight excluding hydrogens is 368 g/mol. The number of fused-ring (bicyclic) bond motifs is 3. The van der Waals surface area contributed by atoms with Gasteiger partial charge in [-0.25, -0.2) is 4.98 Å². The molecule has 2 aromatic heterocycles. The number of aryl methyl sites for hydroxylation is 1. The van der Waals surface area contributed by atoms with Gasteiger partial charge in [-0.2, -0.15) is 0 Å². The SMILES string of the molecule is CC(C)c1cc2sc(C=C3C(=O)c4cc5ccccc5cc4C3=O)nc2n1C. The molecule has 0 spiro atoms. The lowest BCUT2D eigenvalue weighted by Gasteiger charge is -2.05. The number of aromatic nitrogens is 2. The highest BCUT2D eigenvalue weighted by Gasteiger charge is 2.33. The smallest absolute Gasteiger partial charge is 0.197 e. The molecule has 0 unspecified atom stereocenters. The molecule has 0 bridgehead atoms. The molecule has 0 saturated heterocycles. The molecule has 1 aliphatic carbocycles. The van der Waals surface area contributed by atoms with Gasteiger partial charge in [-0.05, 0) is 41.0 Å². The zero-order chi connectivity index (χ0) is 19.6. The summed E-state index contributed by atoms with van der Waals surface area (Å²) >= 11 is 1.51. The molecule has 0 amide bonds. The largest absolute Gasteiger partial charge is 0.332 e. The number of ketones is 2. The van der Waals surface area contributed by atoms with Gasteiger partial charge in [0, 0.05) is 23.9 Å². The van der Waals surface area contributed by atoms with Crippen molar-refractivity contribution in [2.45, 2.75) is 19.8 Å². The number of allylic oxidation sites excluding steroid dienone is 1. The summed E-state index contributed by atoms with van der Waals surface area (Å²) in [6, 6.07) is 13.5. The number of hydrogen-bond acceptors (Lipinski definition) is 4. The van der Waals surface area contributed by atoms with Crippen molar-refractivity contribution in [3.8, 4) is 0 Å². The molecule has 28 heavy (non-hydrogen) atoms. The normalized spacial score (nSPS) is 13.9. The first-order valence-electron chi connectivity index (χ1n) is 9.24. The summed E-state index contributed by atoms with van der Waals surface area (Å²) in [6.45, 7) is 4.30. The highest BCUT2D eigenvalue weighted by atomic mass is 32.1. The average molecular weight is 386 g/mol. The fourth-order valence-electron chi connectivity index (χ4n) is 3.91. The summed E-state index contributed by atoms with van der Waals surface area (Å²) in [7, 11) is 2.00. The second-order valence-corrected chi connectivity index (χ2v) is 8.55. The van der Waals surface area contributed by atoms with Gasteiger partial charge >= 0.3 is 0 Å². The van der Waals surface area contributed by atoms with Crippen LogP contribution in [0.2, 0.25) is 0 Å². The Labute approximate surface area is 166 Å². The molecule has 138 valence electrons. The molecule has 0 fully saturated rings. The second-order valence-electron chi connectivity index (χ2n) is 7.48. The third-order valence-corrected chi connectivity index (χ3v) is 6.30. The van der Waals surface area contributed by atoms with Crippen LogP contribution in [0.1, 0.15) is 51.2 Å². The lowest BCUT2D eigenvalue weighted by molar-refractivity contribution is 0.0990. The van der Waals surface area contributed by atoms with Crippen LogP contribution in [-0.4, -0.2) is 21.1 Å². The molecule has 0 aliphatic heterocycles. The fraction of sp³-hybridized carbons (Fsp3) is 0.174. The van der Waals surface area contributed by atoms with Gasteiger partial charge < -0.3 is 4.57 Å². The number of carbonyl (C=O) groups is 2. The molecule has 2 aromatic carbocycles. The Morgan fingerprint density at radius 2 is 1.61 bits per heavy atom. The number of hydrogen-bond donors (Lipinski definition) is 0. The molecule has 1 aliphatic rings. The van der Waals surface area contributed by atoms with E-state index in [1.807, 2.05) is 43.4 Å². The second kappa shape index (κ2) is 5.97. The quantitative estimate of drug-likeness (QED) is 0.344. The average Bonchev–Trinajstić information content (AvgIpc) is 3.29. The zero-order valence-corrected chi connectivity index (χ0v) is 16.6. The first-order chi connectivity index (χ1) is 13.4. The van der Waals surface area contributed by atoms with Crippen LogP contribution >= 0.6 is 11.3 Å². The number of carbonyl (C=O) groups excluding carboxylic acids is 2. The van der Waals surface area contributed by atoms with Gasteiger partial charge in [0.2, 0.25) is 0 Å². The van der Waals surface area contributed by atoms with Crippen LogP contribution in [0.25, 0.3) is 27.2 Å². The number of thiazole rings is 1. The Hall–Kier alpha value is -3.05. The van der Waals surface area contributed by atoms with Crippen LogP contribution in [0.15, 0.2) is 48.0 Å². The lowest BCUT2D eigenvalue weighted by Crippen LogP contribution is -2.00. The molecule has 0 N–H and O–H groups in total. The third-order valence-electron chi connectivity index (χ3n) is 5.36. The van der Waals surface area contributed by atoms with Crippen LogP contribution in [-0.2, 0) is 7.05 Å². The van der Waals surface area contributed by atoms with Crippen LogP contribution in [0.5, 0.6) is 0 Å². The van der Waals surface area contributed by atoms with Crippen molar-refractivity contribution in [2.75, 3.05) is 0 Å². The predicted octanol–water partition coefficient (Wildman–Crippen LogP) is 5.37. The maximum atomic E-state index is 12.9. The van der Waals surface area contributed by atoms with Gasteiger partial charge in [-0.1, -0.05) is 38.1 Å². The van der Waals surface area contributed by atoms with Gasteiger partial charge in [-0.15, -0.1) is 11.3 Å². The standard InChI is InChI=1S/C23H18N2O2S/c1-12(2)18-11-19-23(25(18)3)24-20(28-19)10-17-21(26)15-8-13-6-4-5-7-14(13)9-16(15)22(17)27/h4-12H,1-3H3. The van der Waals surface area contributed by atoms with Gasteiger partial charge in [0.15, 0.2) is 17.2 Å². The maximum Gasteiger partial charge on any atom is 0.197 e. The summed E-state index contributed by atoms with van der Waals surface area (Å²) in [5.74, 6) is -0.0180. The van der Waals surface area contributed by atoms with E-state index in [-0.39, 0.29) is 17.1 Å². The molecular formula is C23H18N2O2S. The minimum Gasteiger partial charge on any atom is -0.332 e. The fourth-order valence-corrected chi connectivity index (χ4v) is 4.90. The zero-order valence-electron chi connectivity index (χ0n) is 15.8.